The monoisotopic (exact) mass is 226 g/mol. The topological polar surface area (TPSA) is 17.8 Å². The molecule has 0 saturated carbocycles. The summed E-state index contributed by atoms with van der Waals surface area (Å²) in [5.41, 5.74) is 3.50. The van der Waals surface area contributed by atoms with Gasteiger partial charge in [-0.25, -0.2) is 0 Å². The van der Waals surface area contributed by atoms with Crippen LogP contribution in [-0.2, 0) is 6.54 Å². The molecule has 0 amide bonds. The molecule has 0 atom stereocenters. The largest absolute Gasteiger partial charge is 0.272 e. The molecule has 0 radical (unpaired) electrons. The summed E-state index contributed by atoms with van der Waals surface area (Å²) in [5, 5.41) is 4.39. The summed E-state index contributed by atoms with van der Waals surface area (Å²) >= 11 is 0. The van der Waals surface area contributed by atoms with Gasteiger partial charge in [-0.1, -0.05) is 50.8 Å². The molecule has 1 aromatic carbocycles. The second kappa shape index (κ2) is 5.00. The van der Waals surface area contributed by atoms with Gasteiger partial charge in [0.1, 0.15) is 0 Å². The Hall–Kier alpha value is -1.83. The number of hydrogen-bond donors (Lipinski definition) is 0. The fourth-order valence-corrected chi connectivity index (χ4v) is 1.91. The lowest BCUT2D eigenvalue weighted by Crippen LogP contribution is -2.03. The maximum atomic E-state index is 4.39. The van der Waals surface area contributed by atoms with Gasteiger partial charge in [-0.3, -0.25) is 4.68 Å². The molecule has 2 aromatic rings. The lowest BCUT2D eigenvalue weighted by atomic mass is 10.0. The Morgan fingerprint density at radius 3 is 2.82 bits per heavy atom. The molecule has 0 aliphatic heterocycles. The zero-order valence-electron chi connectivity index (χ0n) is 10.4. The molecule has 0 bridgehead atoms. The lowest BCUT2D eigenvalue weighted by molar-refractivity contribution is 0.483. The normalized spacial score (nSPS) is 10.8. The number of hydrogen-bond acceptors (Lipinski definition) is 1. The molecule has 0 N–H and O–H groups in total. The Labute approximate surface area is 103 Å². The molecule has 0 aliphatic carbocycles. The van der Waals surface area contributed by atoms with Gasteiger partial charge in [0, 0.05) is 18.3 Å². The van der Waals surface area contributed by atoms with Crippen molar-refractivity contribution in [3.8, 4) is 11.1 Å². The number of nitrogens with zero attached hydrogens (tertiary/aromatic N) is 2. The van der Waals surface area contributed by atoms with E-state index in [0.717, 1.165) is 17.7 Å². The van der Waals surface area contributed by atoms with E-state index in [9.17, 15) is 0 Å². The minimum Gasteiger partial charge on any atom is -0.272 e. The first-order chi connectivity index (χ1) is 8.20. The number of benzene rings is 1. The second-order valence-electron chi connectivity index (χ2n) is 4.64. The molecule has 0 saturated heterocycles. The smallest absolute Gasteiger partial charge is 0.0568 e. The molecule has 0 fully saturated rings. The van der Waals surface area contributed by atoms with Crippen LogP contribution in [0.3, 0.4) is 0 Å². The first-order valence-corrected chi connectivity index (χ1v) is 5.95. The molecule has 0 aliphatic rings. The number of rotatable bonds is 4. The highest BCUT2D eigenvalue weighted by atomic mass is 15.3. The van der Waals surface area contributed by atoms with Crippen molar-refractivity contribution in [1.29, 1.82) is 0 Å². The summed E-state index contributed by atoms with van der Waals surface area (Å²) in [7, 11) is 0. The van der Waals surface area contributed by atoms with Crippen LogP contribution >= 0.6 is 0 Å². The van der Waals surface area contributed by atoms with Gasteiger partial charge in [-0.15, -0.1) is 0 Å². The van der Waals surface area contributed by atoms with Crippen LogP contribution in [0.1, 0.15) is 19.4 Å². The molecule has 2 rings (SSSR count). The second-order valence-corrected chi connectivity index (χ2v) is 4.64. The highest BCUT2D eigenvalue weighted by Gasteiger charge is 2.05. The summed E-state index contributed by atoms with van der Waals surface area (Å²) in [6.45, 7) is 9.19. The SMILES string of the molecule is C=Cc1ccccc1-c1cnn(CC(C)C)c1. The highest BCUT2D eigenvalue weighted by Crippen LogP contribution is 2.23. The van der Waals surface area contributed by atoms with Crippen molar-refractivity contribution >= 4 is 6.08 Å². The van der Waals surface area contributed by atoms with Crippen LogP contribution in [0.15, 0.2) is 43.2 Å². The van der Waals surface area contributed by atoms with Gasteiger partial charge >= 0.3 is 0 Å². The van der Waals surface area contributed by atoms with Crippen molar-refractivity contribution < 1.29 is 0 Å². The van der Waals surface area contributed by atoms with E-state index in [0.29, 0.717) is 5.92 Å². The van der Waals surface area contributed by atoms with Gasteiger partial charge in [0.25, 0.3) is 0 Å². The Morgan fingerprint density at radius 1 is 1.35 bits per heavy atom. The van der Waals surface area contributed by atoms with Gasteiger partial charge in [-0.2, -0.15) is 5.10 Å². The van der Waals surface area contributed by atoms with E-state index in [-0.39, 0.29) is 0 Å². The van der Waals surface area contributed by atoms with E-state index in [1.807, 2.05) is 29.1 Å². The van der Waals surface area contributed by atoms with Crippen molar-refractivity contribution in [3.63, 3.8) is 0 Å². The molecular weight excluding hydrogens is 208 g/mol. The molecule has 0 spiro atoms. The van der Waals surface area contributed by atoms with Crippen LogP contribution in [0.5, 0.6) is 0 Å². The summed E-state index contributed by atoms with van der Waals surface area (Å²) in [4.78, 5) is 0. The van der Waals surface area contributed by atoms with Gasteiger partial charge in [-0.05, 0) is 17.0 Å². The summed E-state index contributed by atoms with van der Waals surface area (Å²) < 4.78 is 2.00. The minimum absolute atomic E-state index is 0.609. The molecule has 1 aromatic heterocycles. The third-order valence-electron chi connectivity index (χ3n) is 2.68. The molecule has 17 heavy (non-hydrogen) atoms. The van der Waals surface area contributed by atoms with Crippen LogP contribution in [0.2, 0.25) is 0 Å². The minimum atomic E-state index is 0.609. The highest BCUT2D eigenvalue weighted by molar-refractivity contribution is 5.73. The fourth-order valence-electron chi connectivity index (χ4n) is 1.91. The van der Waals surface area contributed by atoms with Crippen molar-refractivity contribution in [1.82, 2.24) is 9.78 Å². The number of aromatic nitrogens is 2. The van der Waals surface area contributed by atoms with E-state index < -0.39 is 0 Å². The maximum absolute atomic E-state index is 4.39. The van der Waals surface area contributed by atoms with E-state index in [1.165, 1.54) is 5.56 Å². The predicted octanol–water partition coefficient (Wildman–Crippen LogP) is 3.85. The quantitative estimate of drug-likeness (QED) is 0.774. The van der Waals surface area contributed by atoms with Crippen LogP contribution in [0, 0.1) is 5.92 Å². The Kier molecular flexibility index (Phi) is 3.43. The van der Waals surface area contributed by atoms with Crippen molar-refractivity contribution in [2.75, 3.05) is 0 Å². The summed E-state index contributed by atoms with van der Waals surface area (Å²) in [5.74, 6) is 0.609. The van der Waals surface area contributed by atoms with Crippen LogP contribution in [-0.4, -0.2) is 9.78 Å². The standard InChI is InChI=1S/C15H18N2/c1-4-13-7-5-6-8-15(13)14-9-16-17(11-14)10-12(2)3/h4-9,11-12H,1,10H2,2-3H3. The van der Waals surface area contributed by atoms with Gasteiger partial charge < -0.3 is 0 Å². The molecule has 0 unspecified atom stereocenters. The first kappa shape index (κ1) is 11.6. The third-order valence-corrected chi connectivity index (χ3v) is 2.68. The van der Waals surface area contributed by atoms with E-state index in [4.69, 9.17) is 0 Å². The molecular formula is C15H18N2. The van der Waals surface area contributed by atoms with E-state index in [2.05, 4.69) is 43.9 Å². The van der Waals surface area contributed by atoms with Crippen molar-refractivity contribution in [3.05, 3.63) is 48.8 Å². The average Bonchev–Trinajstić information content (AvgIpc) is 2.76. The Morgan fingerprint density at radius 2 is 2.12 bits per heavy atom. The maximum Gasteiger partial charge on any atom is 0.0568 e. The van der Waals surface area contributed by atoms with E-state index >= 15 is 0 Å². The first-order valence-electron chi connectivity index (χ1n) is 5.95. The molecule has 1 heterocycles. The molecule has 2 heteroatoms. The zero-order valence-corrected chi connectivity index (χ0v) is 10.4. The van der Waals surface area contributed by atoms with Gasteiger partial charge in [0.15, 0.2) is 0 Å². The van der Waals surface area contributed by atoms with Crippen LogP contribution in [0.25, 0.3) is 17.2 Å². The third kappa shape index (κ3) is 2.64. The van der Waals surface area contributed by atoms with Crippen LogP contribution in [0.4, 0.5) is 0 Å². The Balaban J connectivity index is 2.33. The van der Waals surface area contributed by atoms with Gasteiger partial charge in [0.05, 0.1) is 6.20 Å². The predicted molar refractivity (Wildman–Crippen MR) is 72.6 cm³/mol. The lowest BCUT2D eigenvalue weighted by Gasteiger charge is -2.04. The summed E-state index contributed by atoms with van der Waals surface area (Å²) in [6.07, 6.45) is 5.90. The van der Waals surface area contributed by atoms with Gasteiger partial charge in [0.2, 0.25) is 0 Å². The van der Waals surface area contributed by atoms with Crippen molar-refractivity contribution in [2.24, 2.45) is 5.92 Å². The van der Waals surface area contributed by atoms with Crippen molar-refractivity contribution in [2.45, 2.75) is 20.4 Å². The Bertz CT molecular complexity index is 509. The van der Waals surface area contributed by atoms with E-state index in [1.54, 1.807) is 0 Å². The van der Waals surface area contributed by atoms with Crippen LogP contribution < -0.4 is 0 Å². The average molecular weight is 226 g/mol. The summed E-state index contributed by atoms with van der Waals surface area (Å²) in [6, 6.07) is 8.25. The fraction of sp³-hybridized carbons (Fsp3) is 0.267. The molecule has 88 valence electrons. The zero-order chi connectivity index (χ0) is 12.3. The molecule has 2 nitrogen and oxygen atoms in total.